The van der Waals surface area contributed by atoms with Crippen molar-refractivity contribution in [3.05, 3.63) is 59.8 Å². The first-order valence-corrected chi connectivity index (χ1v) is 9.48. The summed E-state index contributed by atoms with van der Waals surface area (Å²) in [5.74, 6) is 4.50. The zero-order valence-corrected chi connectivity index (χ0v) is 16.8. The molecule has 0 radical (unpaired) electrons. The largest absolute Gasteiger partial charge is 0.493 e. The summed E-state index contributed by atoms with van der Waals surface area (Å²) in [6, 6.07) is 14.1. The quantitative estimate of drug-likeness (QED) is 0.314. The van der Waals surface area contributed by atoms with Crippen LogP contribution in [-0.2, 0) is 13.0 Å². The highest BCUT2D eigenvalue weighted by Crippen LogP contribution is 2.28. The van der Waals surface area contributed by atoms with Gasteiger partial charge in [-0.3, -0.25) is 4.99 Å². The van der Waals surface area contributed by atoms with Crippen molar-refractivity contribution in [1.82, 2.24) is 15.6 Å². The van der Waals surface area contributed by atoms with Crippen LogP contribution >= 0.6 is 0 Å². The molecule has 6 heteroatoms. The van der Waals surface area contributed by atoms with Crippen LogP contribution in [0.2, 0.25) is 0 Å². The minimum absolute atomic E-state index is 0.199. The second-order valence-corrected chi connectivity index (χ2v) is 6.44. The number of nitrogens with one attached hydrogen (secondary N) is 3. The third-order valence-corrected chi connectivity index (χ3v) is 4.58. The Morgan fingerprint density at radius 3 is 2.83 bits per heavy atom. The first-order chi connectivity index (χ1) is 14.2. The molecular formula is C23H26N4O2. The number of para-hydroxylation sites is 1. The molecule has 1 aromatic heterocycles. The maximum absolute atomic E-state index is 5.55. The van der Waals surface area contributed by atoms with Crippen LogP contribution in [0.5, 0.6) is 11.5 Å². The maximum Gasteiger partial charge on any atom is 0.191 e. The van der Waals surface area contributed by atoms with Crippen molar-refractivity contribution in [1.29, 1.82) is 0 Å². The molecule has 0 spiro atoms. The van der Waals surface area contributed by atoms with E-state index in [4.69, 9.17) is 15.9 Å². The van der Waals surface area contributed by atoms with Gasteiger partial charge in [-0.2, -0.15) is 0 Å². The first-order valence-electron chi connectivity index (χ1n) is 9.48. The highest BCUT2D eigenvalue weighted by molar-refractivity contribution is 5.83. The average molecular weight is 390 g/mol. The predicted molar refractivity (Wildman–Crippen MR) is 118 cm³/mol. The van der Waals surface area contributed by atoms with Crippen LogP contribution in [0, 0.1) is 12.3 Å². The van der Waals surface area contributed by atoms with E-state index >= 15 is 0 Å². The Labute approximate surface area is 171 Å². The van der Waals surface area contributed by atoms with E-state index in [0.717, 1.165) is 30.0 Å². The van der Waals surface area contributed by atoms with Gasteiger partial charge in [0, 0.05) is 37.2 Å². The van der Waals surface area contributed by atoms with E-state index in [9.17, 15) is 0 Å². The number of ether oxygens (including phenoxy) is 2. The number of hydrogen-bond donors (Lipinski definition) is 3. The van der Waals surface area contributed by atoms with E-state index in [-0.39, 0.29) is 6.61 Å². The second-order valence-electron chi connectivity index (χ2n) is 6.44. The number of fused-ring (bicyclic) bond motifs is 1. The van der Waals surface area contributed by atoms with Crippen LogP contribution in [0.1, 0.15) is 11.1 Å². The van der Waals surface area contributed by atoms with E-state index in [1.54, 1.807) is 14.2 Å². The zero-order valence-electron chi connectivity index (χ0n) is 16.8. The summed E-state index contributed by atoms with van der Waals surface area (Å²) in [6.45, 7) is 1.58. The van der Waals surface area contributed by atoms with Crippen molar-refractivity contribution in [2.24, 2.45) is 4.99 Å². The number of aliphatic imine (C=N–C) groups is 1. The predicted octanol–water partition coefficient (Wildman–Crippen LogP) is 3.10. The van der Waals surface area contributed by atoms with E-state index in [1.807, 2.05) is 24.3 Å². The lowest BCUT2D eigenvalue weighted by Gasteiger charge is -2.14. The Morgan fingerprint density at radius 2 is 2.03 bits per heavy atom. The van der Waals surface area contributed by atoms with Crippen molar-refractivity contribution in [2.75, 3.05) is 27.3 Å². The summed E-state index contributed by atoms with van der Waals surface area (Å²) in [4.78, 5) is 7.60. The number of aromatic amines is 1. The molecule has 0 fully saturated rings. The van der Waals surface area contributed by atoms with Crippen LogP contribution in [-0.4, -0.2) is 38.3 Å². The Bertz CT molecular complexity index is 1020. The molecule has 0 unspecified atom stereocenters. The smallest absolute Gasteiger partial charge is 0.191 e. The minimum atomic E-state index is 0.199. The fourth-order valence-corrected chi connectivity index (χ4v) is 3.12. The lowest BCUT2D eigenvalue weighted by molar-refractivity contribution is 0.330. The molecule has 29 heavy (non-hydrogen) atoms. The third-order valence-electron chi connectivity index (χ3n) is 4.58. The number of nitrogens with zero attached hydrogens (tertiary/aromatic N) is 1. The Balaban J connectivity index is 1.53. The Morgan fingerprint density at radius 1 is 1.17 bits per heavy atom. The number of benzene rings is 2. The van der Waals surface area contributed by atoms with E-state index in [1.165, 1.54) is 10.9 Å². The van der Waals surface area contributed by atoms with Gasteiger partial charge in [0.2, 0.25) is 0 Å². The number of hydrogen-bond acceptors (Lipinski definition) is 3. The molecule has 0 aliphatic rings. The molecule has 0 saturated carbocycles. The lowest BCUT2D eigenvalue weighted by Crippen LogP contribution is -2.37. The second kappa shape index (κ2) is 10.1. The molecule has 0 amide bonds. The normalized spacial score (nSPS) is 11.1. The summed E-state index contributed by atoms with van der Waals surface area (Å²) >= 11 is 0. The molecule has 2 aromatic carbocycles. The number of guanidine groups is 1. The SMILES string of the molecule is C#CCOc1cc(CNC(=NC)NCCc2c[nH]c3ccccc23)ccc1OC. The van der Waals surface area contributed by atoms with Gasteiger partial charge in [-0.25, -0.2) is 0 Å². The molecule has 1 heterocycles. The van der Waals surface area contributed by atoms with Crippen LogP contribution in [0.25, 0.3) is 10.9 Å². The molecule has 0 atom stereocenters. The molecule has 3 aromatic rings. The molecule has 0 bridgehead atoms. The van der Waals surface area contributed by atoms with Gasteiger partial charge < -0.3 is 25.1 Å². The van der Waals surface area contributed by atoms with E-state index in [2.05, 4.69) is 50.9 Å². The topological polar surface area (TPSA) is 70.7 Å². The molecule has 0 saturated heterocycles. The van der Waals surface area contributed by atoms with Crippen molar-refractivity contribution in [2.45, 2.75) is 13.0 Å². The molecule has 150 valence electrons. The van der Waals surface area contributed by atoms with Gasteiger partial charge in [0.05, 0.1) is 7.11 Å². The maximum atomic E-state index is 5.55. The van der Waals surface area contributed by atoms with Gasteiger partial charge >= 0.3 is 0 Å². The number of terminal acetylenes is 1. The number of rotatable bonds is 8. The Kier molecular flexibility index (Phi) is 7.01. The third kappa shape index (κ3) is 5.23. The molecule has 0 aliphatic heterocycles. The molecule has 6 nitrogen and oxygen atoms in total. The van der Waals surface area contributed by atoms with Gasteiger partial charge in [-0.05, 0) is 35.7 Å². The van der Waals surface area contributed by atoms with Gasteiger partial charge in [0.15, 0.2) is 17.5 Å². The number of H-pyrrole nitrogens is 1. The fraction of sp³-hybridized carbons (Fsp3) is 0.261. The van der Waals surface area contributed by atoms with Crippen LogP contribution in [0.15, 0.2) is 53.7 Å². The monoisotopic (exact) mass is 390 g/mol. The Hall–Kier alpha value is -3.59. The molecular weight excluding hydrogens is 364 g/mol. The summed E-state index contributed by atoms with van der Waals surface area (Å²) < 4.78 is 10.9. The summed E-state index contributed by atoms with van der Waals surface area (Å²) in [7, 11) is 3.37. The highest BCUT2D eigenvalue weighted by atomic mass is 16.5. The highest BCUT2D eigenvalue weighted by Gasteiger charge is 2.07. The minimum Gasteiger partial charge on any atom is -0.493 e. The van der Waals surface area contributed by atoms with E-state index in [0.29, 0.717) is 18.0 Å². The summed E-state index contributed by atoms with van der Waals surface area (Å²) in [5, 5.41) is 7.93. The molecule has 3 N–H and O–H groups in total. The lowest BCUT2D eigenvalue weighted by atomic mass is 10.1. The van der Waals surface area contributed by atoms with Gasteiger partial charge in [0.1, 0.15) is 6.61 Å². The number of methoxy groups -OCH3 is 1. The van der Waals surface area contributed by atoms with E-state index < -0.39 is 0 Å². The number of aromatic nitrogens is 1. The van der Waals surface area contributed by atoms with Gasteiger partial charge in [-0.1, -0.05) is 30.2 Å². The summed E-state index contributed by atoms with van der Waals surface area (Å²) in [5.41, 5.74) is 3.48. The first kappa shape index (κ1) is 20.2. The van der Waals surface area contributed by atoms with Crippen molar-refractivity contribution in [3.8, 4) is 23.8 Å². The summed E-state index contributed by atoms with van der Waals surface area (Å²) in [6.07, 6.45) is 8.25. The van der Waals surface area contributed by atoms with Crippen LogP contribution in [0.4, 0.5) is 0 Å². The van der Waals surface area contributed by atoms with Gasteiger partial charge in [0.25, 0.3) is 0 Å². The average Bonchev–Trinajstić information content (AvgIpc) is 3.17. The molecule has 3 rings (SSSR count). The van der Waals surface area contributed by atoms with Crippen molar-refractivity contribution < 1.29 is 9.47 Å². The molecule has 0 aliphatic carbocycles. The van der Waals surface area contributed by atoms with Crippen LogP contribution in [0.3, 0.4) is 0 Å². The zero-order chi connectivity index (χ0) is 20.5. The van der Waals surface area contributed by atoms with Crippen molar-refractivity contribution in [3.63, 3.8) is 0 Å². The van der Waals surface area contributed by atoms with Crippen molar-refractivity contribution >= 4 is 16.9 Å². The standard InChI is InChI=1S/C23H26N4O2/c1-4-13-29-22-14-17(9-10-21(22)28-3)15-27-23(24-2)25-12-11-18-16-26-20-8-6-5-7-19(18)20/h1,5-10,14,16,26H,11-13,15H2,2-3H3,(H2,24,25,27). The fourth-order valence-electron chi connectivity index (χ4n) is 3.12. The van der Waals surface area contributed by atoms with Crippen LogP contribution < -0.4 is 20.1 Å². The van der Waals surface area contributed by atoms with Gasteiger partial charge in [-0.15, -0.1) is 6.42 Å².